The van der Waals surface area contributed by atoms with Gasteiger partial charge in [-0.3, -0.25) is 4.79 Å². The lowest BCUT2D eigenvalue weighted by atomic mass is 10.2. The number of carbonyl (C=O) groups is 1. The topological polar surface area (TPSA) is 47.6 Å². The molecule has 0 atom stereocenters. The number of amides is 1. The average Bonchev–Trinajstić information content (AvgIpc) is 2.60. The largest absolute Gasteiger partial charge is 0.493 e. The monoisotopic (exact) mass is 437 g/mol. The normalized spacial score (nSPS) is 13.7. The van der Waals surface area contributed by atoms with Crippen molar-refractivity contribution < 1.29 is 33.7 Å². The van der Waals surface area contributed by atoms with E-state index in [9.17, 15) is 24.2 Å². The minimum atomic E-state index is -9.75. The van der Waals surface area contributed by atoms with Crippen LogP contribution in [0.25, 0.3) is 0 Å². The van der Waals surface area contributed by atoms with E-state index in [2.05, 4.69) is 5.32 Å². The fraction of sp³-hybridized carbons (Fsp3) is 0.211. The predicted octanol–water partition coefficient (Wildman–Crippen LogP) is 6.95. The van der Waals surface area contributed by atoms with Gasteiger partial charge in [-0.15, -0.1) is 0 Å². The van der Waals surface area contributed by atoms with Crippen LogP contribution in [0.15, 0.2) is 59.0 Å². The Hall–Kier alpha value is -2.75. The first-order valence-corrected chi connectivity index (χ1v) is 10.2. The second-order valence-electron chi connectivity index (χ2n) is 6.41. The van der Waals surface area contributed by atoms with Crippen LogP contribution in [0.2, 0.25) is 0 Å². The second-order valence-corrected chi connectivity index (χ2v) is 8.81. The molecule has 2 rings (SSSR count). The zero-order chi connectivity index (χ0) is 21.9. The first kappa shape index (κ1) is 22.5. The highest BCUT2D eigenvalue weighted by atomic mass is 32.5. The molecule has 1 N–H and O–H groups in total. The van der Waals surface area contributed by atoms with E-state index in [0.717, 1.165) is 17.7 Å². The highest BCUT2D eigenvalue weighted by Gasteiger charge is 2.65. The number of benzene rings is 2. The van der Waals surface area contributed by atoms with Crippen molar-refractivity contribution in [2.24, 2.45) is 0 Å². The third kappa shape index (κ3) is 6.38. The van der Waals surface area contributed by atoms with Crippen LogP contribution in [0.3, 0.4) is 0 Å². The minimum absolute atomic E-state index is 0.0662. The van der Waals surface area contributed by atoms with Crippen LogP contribution in [-0.2, 0) is 0 Å². The highest BCUT2D eigenvalue weighted by Crippen LogP contribution is 3.02. The molecule has 0 heterocycles. The molecule has 0 aliphatic rings. The third-order valence-corrected chi connectivity index (χ3v) is 4.88. The second kappa shape index (κ2) is 7.25. The molecule has 0 bridgehead atoms. The summed E-state index contributed by atoms with van der Waals surface area (Å²) in [5.41, 5.74) is 1.15. The zero-order valence-corrected chi connectivity index (χ0v) is 16.7. The Kier molecular flexibility index (Phi) is 5.64. The minimum Gasteiger partial charge on any atom is -0.493 e. The van der Waals surface area contributed by atoms with Gasteiger partial charge in [0.15, 0.2) is 11.5 Å². The summed E-state index contributed by atoms with van der Waals surface area (Å²) in [5.74, 6) is 0.0390. The van der Waals surface area contributed by atoms with E-state index in [4.69, 9.17) is 9.47 Å². The quantitative estimate of drug-likeness (QED) is 0.377. The summed E-state index contributed by atoms with van der Waals surface area (Å²) in [6.45, 7) is 4.14. The molecular weight excluding hydrogens is 417 g/mol. The number of ether oxygens (including phenoxy) is 2. The predicted molar refractivity (Wildman–Crippen MR) is 104 cm³/mol. The van der Waals surface area contributed by atoms with Gasteiger partial charge in [0.2, 0.25) is 0 Å². The van der Waals surface area contributed by atoms with Crippen molar-refractivity contribution in [1.82, 2.24) is 0 Å². The zero-order valence-electron chi connectivity index (χ0n) is 15.8. The van der Waals surface area contributed by atoms with Crippen molar-refractivity contribution in [2.45, 2.75) is 18.7 Å². The lowest BCUT2D eigenvalue weighted by molar-refractivity contribution is 0.102. The molecule has 0 aliphatic carbocycles. The van der Waals surface area contributed by atoms with Crippen molar-refractivity contribution in [3.8, 4) is 11.5 Å². The summed E-state index contributed by atoms with van der Waals surface area (Å²) in [6, 6.07) is 6.35. The number of rotatable bonds is 7. The number of hydrogen-bond donors (Lipinski definition) is 1. The Balaban J connectivity index is 2.16. The Morgan fingerprint density at radius 3 is 2.14 bits per heavy atom. The Labute approximate surface area is 165 Å². The molecular formula is C19H20F5NO3S. The Bertz CT molecular complexity index is 937. The maximum absolute atomic E-state index is 12.7. The summed E-state index contributed by atoms with van der Waals surface area (Å²) < 4.78 is 74.5. The van der Waals surface area contributed by atoms with Crippen LogP contribution in [0.5, 0.6) is 11.5 Å². The van der Waals surface area contributed by atoms with Gasteiger partial charge in [0.05, 0.1) is 7.11 Å². The summed E-state index contributed by atoms with van der Waals surface area (Å²) >= 11 is 0. The van der Waals surface area contributed by atoms with Gasteiger partial charge < -0.3 is 14.8 Å². The van der Waals surface area contributed by atoms with E-state index in [1.54, 1.807) is 0 Å². The molecule has 0 aromatic heterocycles. The maximum Gasteiger partial charge on any atom is 0.310 e. The van der Waals surface area contributed by atoms with E-state index in [-0.39, 0.29) is 29.1 Å². The first-order valence-electron chi connectivity index (χ1n) is 8.29. The Morgan fingerprint density at radius 1 is 1.00 bits per heavy atom. The van der Waals surface area contributed by atoms with Crippen molar-refractivity contribution in [3.63, 3.8) is 0 Å². The maximum atomic E-state index is 12.7. The van der Waals surface area contributed by atoms with Gasteiger partial charge in [-0.25, -0.2) is 0 Å². The standard InChI is InChI=1S/C19H20F5NO3S/c1-13(2)10-11-28-17-9-4-14(12-18(17)27-3)19(26)25-15-5-7-16(8-6-15)29(20,21,22,23)24/h4-10,12H,11H2,1-3H3,(H,25,26). The molecule has 2 aromatic carbocycles. The summed E-state index contributed by atoms with van der Waals surface area (Å²) in [4.78, 5) is 10.3. The van der Waals surface area contributed by atoms with Gasteiger partial charge in [-0.2, -0.15) is 0 Å². The molecule has 0 saturated carbocycles. The molecule has 4 nitrogen and oxygen atoms in total. The van der Waals surface area contributed by atoms with E-state index < -0.39 is 21.0 Å². The van der Waals surface area contributed by atoms with Gasteiger partial charge in [-0.05, 0) is 62.4 Å². The van der Waals surface area contributed by atoms with Crippen LogP contribution in [-0.4, -0.2) is 19.6 Å². The summed E-state index contributed by atoms with van der Waals surface area (Å²) in [5, 5.41) is 2.35. The van der Waals surface area contributed by atoms with Gasteiger partial charge >= 0.3 is 10.2 Å². The molecule has 0 spiro atoms. The molecule has 10 heteroatoms. The van der Waals surface area contributed by atoms with E-state index in [1.165, 1.54) is 25.3 Å². The lowest BCUT2D eigenvalue weighted by Gasteiger charge is -2.40. The SMILES string of the molecule is COc1cc(C(=O)Nc2ccc(S(F)(F)(F)(F)F)cc2)ccc1OCC=C(C)C. The molecule has 0 radical (unpaired) electrons. The number of methoxy groups -OCH3 is 1. The number of carbonyl (C=O) groups excluding carboxylic acids is 1. The average molecular weight is 437 g/mol. The van der Waals surface area contributed by atoms with Crippen LogP contribution in [0, 0.1) is 0 Å². The number of halogens is 5. The summed E-state index contributed by atoms with van der Waals surface area (Å²) in [7, 11) is -8.36. The lowest BCUT2D eigenvalue weighted by Crippen LogP contribution is -2.12. The molecule has 0 unspecified atom stereocenters. The van der Waals surface area contributed by atoms with Gasteiger partial charge in [0.1, 0.15) is 11.5 Å². The van der Waals surface area contributed by atoms with E-state index in [0.29, 0.717) is 12.4 Å². The molecule has 0 saturated heterocycles. The number of nitrogens with one attached hydrogen (secondary N) is 1. The molecule has 2 aromatic rings. The van der Waals surface area contributed by atoms with Crippen LogP contribution >= 0.6 is 10.2 Å². The van der Waals surface area contributed by atoms with Crippen molar-refractivity contribution in [2.75, 3.05) is 19.0 Å². The van der Waals surface area contributed by atoms with E-state index in [1.807, 2.05) is 19.9 Å². The fourth-order valence-electron chi connectivity index (χ4n) is 2.22. The summed E-state index contributed by atoms with van der Waals surface area (Å²) in [6.07, 6.45) is 1.86. The van der Waals surface area contributed by atoms with Crippen molar-refractivity contribution in [1.29, 1.82) is 0 Å². The third-order valence-electron chi connectivity index (χ3n) is 3.71. The number of allylic oxidation sites excluding steroid dienone is 1. The van der Waals surface area contributed by atoms with Crippen LogP contribution in [0.4, 0.5) is 25.1 Å². The van der Waals surface area contributed by atoms with Crippen molar-refractivity contribution in [3.05, 3.63) is 59.7 Å². The smallest absolute Gasteiger partial charge is 0.310 e. The van der Waals surface area contributed by atoms with E-state index >= 15 is 0 Å². The molecule has 1 amide bonds. The van der Waals surface area contributed by atoms with Crippen LogP contribution in [0.1, 0.15) is 24.2 Å². The molecule has 160 valence electrons. The van der Waals surface area contributed by atoms with Crippen molar-refractivity contribution >= 4 is 21.8 Å². The Morgan fingerprint density at radius 2 is 1.62 bits per heavy atom. The van der Waals surface area contributed by atoms with Gasteiger partial charge in [0, 0.05) is 11.3 Å². The number of anilines is 1. The molecule has 29 heavy (non-hydrogen) atoms. The number of hydrogen-bond acceptors (Lipinski definition) is 3. The van der Waals surface area contributed by atoms with Crippen LogP contribution < -0.4 is 14.8 Å². The molecule has 0 aliphatic heterocycles. The van der Waals surface area contributed by atoms with Gasteiger partial charge in [0.25, 0.3) is 5.91 Å². The fourth-order valence-corrected chi connectivity index (χ4v) is 2.88. The first-order chi connectivity index (χ1) is 13.2. The molecule has 0 fully saturated rings. The van der Waals surface area contributed by atoms with Gasteiger partial charge in [-0.1, -0.05) is 25.0 Å². The highest BCUT2D eigenvalue weighted by molar-refractivity contribution is 8.45.